The first kappa shape index (κ1) is 13.6. The Morgan fingerprint density at radius 1 is 1.11 bits per heavy atom. The fourth-order valence-electron chi connectivity index (χ4n) is 1.65. The van der Waals surface area contributed by atoms with Gasteiger partial charge < -0.3 is 4.42 Å². The molecule has 2 rings (SSSR count). The number of rotatable bonds is 3. The van der Waals surface area contributed by atoms with E-state index in [2.05, 4.69) is 21.0 Å². The molecule has 2 aromatic heterocycles. The lowest BCUT2D eigenvalue weighted by Crippen LogP contribution is -1.99. The molecular weight excluding hydrogens is 260 g/mol. The van der Waals surface area contributed by atoms with Crippen molar-refractivity contribution in [3.63, 3.8) is 0 Å². The molecule has 98 valence electrons. The highest BCUT2D eigenvalue weighted by atomic mass is 32.2. The van der Waals surface area contributed by atoms with Gasteiger partial charge in [0.2, 0.25) is 5.89 Å². The molecule has 5 nitrogen and oxygen atoms in total. The van der Waals surface area contributed by atoms with Crippen LogP contribution in [0.2, 0.25) is 0 Å². The molecule has 19 heavy (non-hydrogen) atoms. The fourth-order valence-corrected chi connectivity index (χ4v) is 2.56. The van der Waals surface area contributed by atoms with E-state index in [4.69, 9.17) is 9.68 Å². The minimum absolute atomic E-state index is 0.524. The van der Waals surface area contributed by atoms with E-state index in [-0.39, 0.29) is 0 Å². The molecule has 0 aliphatic carbocycles. The zero-order valence-electron chi connectivity index (χ0n) is 11.3. The van der Waals surface area contributed by atoms with Gasteiger partial charge in [-0.15, -0.1) is 0 Å². The molecule has 0 aliphatic rings. The second kappa shape index (κ2) is 5.41. The predicted molar refractivity (Wildman–Crippen MR) is 71.8 cm³/mol. The zero-order chi connectivity index (χ0) is 14.0. The van der Waals surface area contributed by atoms with E-state index in [9.17, 15) is 0 Å². The summed E-state index contributed by atoms with van der Waals surface area (Å²) >= 11 is 1.45. The third-order valence-corrected chi connectivity index (χ3v) is 3.65. The van der Waals surface area contributed by atoms with E-state index in [1.807, 2.05) is 27.7 Å². The highest BCUT2D eigenvalue weighted by molar-refractivity contribution is 7.98. The maximum atomic E-state index is 9.15. The van der Waals surface area contributed by atoms with Gasteiger partial charge in [0, 0.05) is 0 Å². The second-order valence-corrected chi connectivity index (χ2v) is 5.15. The Balaban J connectivity index is 2.22. The van der Waals surface area contributed by atoms with Gasteiger partial charge >= 0.3 is 0 Å². The normalized spacial score (nSPS) is 10.5. The fraction of sp³-hybridized carbons (Fsp3) is 0.385. The number of aromatic nitrogens is 3. The van der Waals surface area contributed by atoms with Crippen LogP contribution >= 0.6 is 11.8 Å². The van der Waals surface area contributed by atoms with Gasteiger partial charge in [-0.05, 0) is 27.7 Å². The summed E-state index contributed by atoms with van der Waals surface area (Å²) in [6.45, 7) is 7.43. The standard InChI is InChI=1S/C13H14N4OS/c1-7-9(3)18-12(16-7)6-19-13-11(5-14)8(2)15-10(4)17-13/h6H2,1-4H3. The summed E-state index contributed by atoms with van der Waals surface area (Å²) in [6, 6.07) is 2.15. The van der Waals surface area contributed by atoms with Gasteiger partial charge in [-0.2, -0.15) is 5.26 Å². The van der Waals surface area contributed by atoms with Gasteiger partial charge in [0.05, 0.1) is 17.1 Å². The number of hydrogen-bond donors (Lipinski definition) is 0. The number of aryl methyl sites for hydroxylation is 4. The van der Waals surface area contributed by atoms with Crippen molar-refractivity contribution in [3.8, 4) is 6.07 Å². The van der Waals surface area contributed by atoms with Crippen molar-refractivity contribution in [1.29, 1.82) is 5.26 Å². The van der Waals surface area contributed by atoms with Crippen LogP contribution in [0.3, 0.4) is 0 Å². The van der Waals surface area contributed by atoms with E-state index >= 15 is 0 Å². The van der Waals surface area contributed by atoms with Crippen LogP contribution in [0.4, 0.5) is 0 Å². The summed E-state index contributed by atoms with van der Waals surface area (Å²) in [4.78, 5) is 12.8. The van der Waals surface area contributed by atoms with Crippen molar-refractivity contribution < 1.29 is 4.42 Å². The van der Waals surface area contributed by atoms with Gasteiger partial charge in [0.25, 0.3) is 0 Å². The van der Waals surface area contributed by atoms with Gasteiger partial charge in [-0.3, -0.25) is 0 Å². The molecule has 0 radical (unpaired) electrons. The van der Waals surface area contributed by atoms with Gasteiger partial charge in [0.15, 0.2) is 0 Å². The monoisotopic (exact) mass is 274 g/mol. The zero-order valence-corrected chi connectivity index (χ0v) is 12.1. The summed E-state index contributed by atoms with van der Waals surface area (Å²) in [5.74, 6) is 2.70. The topological polar surface area (TPSA) is 75.6 Å². The maximum absolute atomic E-state index is 9.15. The van der Waals surface area contributed by atoms with Gasteiger partial charge in [-0.1, -0.05) is 11.8 Å². The van der Waals surface area contributed by atoms with Crippen molar-refractivity contribution in [2.24, 2.45) is 0 Å². The van der Waals surface area contributed by atoms with Crippen LogP contribution in [0.5, 0.6) is 0 Å². The first-order chi connectivity index (χ1) is 9.01. The lowest BCUT2D eigenvalue weighted by Gasteiger charge is -2.04. The minimum atomic E-state index is 0.524. The van der Waals surface area contributed by atoms with E-state index in [0.717, 1.165) is 11.5 Å². The molecule has 0 bridgehead atoms. The lowest BCUT2D eigenvalue weighted by molar-refractivity contribution is 0.489. The van der Waals surface area contributed by atoms with E-state index in [0.29, 0.717) is 33.8 Å². The smallest absolute Gasteiger partial charge is 0.205 e. The second-order valence-electron chi connectivity index (χ2n) is 4.19. The van der Waals surface area contributed by atoms with Crippen LogP contribution in [0.15, 0.2) is 9.44 Å². The average Bonchev–Trinajstić information content (AvgIpc) is 2.65. The maximum Gasteiger partial charge on any atom is 0.205 e. The Hall–Kier alpha value is -1.87. The minimum Gasteiger partial charge on any atom is -0.445 e. The van der Waals surface area contributed by atoms with Crippen LogP contribution in [0.1, 0.15) is 34.4 Å². The van der Waals surface area contributed by atoms with Crippen LogP contribution in [-0.2, 0) is 5.75 Å². The summed E-state index contributed by atoms with van der Waals surface area (Å²) in [5, 5.41) is 9.83. The molecule has 0 N–H and O–H groups in total. The van der Waals surface area contributed by atoms with Crippen molar-refractivity contribution in [2.45, 2.75) is 38.5 Å². The average molecular weight is 274 g/mol. The molecule has 0 spiro atoms. The van der Waals surface area contributed by atoms with Gasteiger partial charge in [-0.25, -0.2) is 15.0 Å². The lowest BCUT2D eigenvalue weighted by atomic mass is 10.3. The first-order valence-corrected chi connectivity index (χ1v) is 6.81. The van der Waals surface area contributed by atoms with Gasteiger partial charge in [0.1, 0.15) is 28.2 Å². The van der Waals surface area contributed by atoms with Crippen molar-refractivity contribution in [2.75, 3.05) is 0 Å². The van der Waals surface area contributed by atoms with Crippen molar-refractivity contribution in [3.05, 3.63) is 34.4 Å². The molecule has 0 amide bonds. The summed E-state index contributed by atoms with van der Waals surface area (Å²) < 4.78 is 5.51. The van der Waals surface area contributed by atoms with E-state index in [1.165, 1.54) is 11.8 Å². The summed E-state index contributed by atoms with van der Waals surface area (Å²) in [7, 11) is 0. The first-order valence-electron chi connectivity index (χ1n) is 5.82. The van der Waals surface area contributed by atoms with E-state index in [1.54, 1.807) is 0 Å². The third-order valence-electron chi connectivity index (χ3n) is 2.69. The molecular formula is C13H14N4OS. The highest BCUT2D eigenvalue weighted by Crippen LogP contribution is 2.26. The molecule has 0 aliphatic heterocycles. The quantitative estimate of drug-likeness (QED) is 0.632. The van der Waals surface area contributed by atoms with Crippen LogP contribution < -0.4 is 0 Å². The molecule has 0 unspecified atom stereocenters. The molecule has 0 aromatic carbocycles. The number of nitriles is 1. The summed E-state index contributed by atoms with van der Waals surface area (Å²) in [5.41, 5.74) is 2.12. The Morgan fingerprint density at radius 2 is 1.84 bits per heavy atom. The van der Waals surface area contributed by atoms with Crippen molar-refractivity contribution >= 4 is 11.8 Å². The number of thioether (sulfide) groups is 1. The largest absolute Gasteiger partial charge is 0.445 e. The molecule has 0 saturated carbocycles. The Labute approximate surface area is 116 Å². The third kappa shape index (κ3) is 2.93. The molecule has 2 heterocycles. The van der Waals surface area contributed by atoms with Crippen LogP contribution in [0, 0.1) is 39.0 Å². The number of hydrogen-bond acceptors (Lipinski definition) is 6. The SMILES string of the molecule is Cc1nc(C)c(C#N)c(SCc2nc(C)c(C)o2)n1. The number of nitrogens with zero attached hydrogens (tertiary/aromatic N) is 4. The van der Waals surface area contributed by atoms with Crippen LogP contribution in [-0.4, -0.2) is 15.0 Å². The predicted octanol–water partition coefficient (Wildman–Crippen LogP) is 2.86. The molecule has 6 heteroatoms. The molecule has 2 aromatic rings. The number of oxazole rings is 1. The molecule has 0 fully saturated rings. The van der Waals surface area contributed by atoms with Crippen LogP contribution in [0.25, 0.3) is 0 Å². The Kier molecular flexibility index (Phi) is 3.86. The highest BCUT2D eigenvalue weighted by Gasteiger charge is 2.12. The molecule has 0 saturated heterocycles. The Bertz CT molecular complexity index is 638. The Morgan fingerprint density at radius 3 is 2.42 bits per heavy atom. The van der Waals surface area contributed by atoms with Crippen molar-refractivity contribution in [1.82, 2.24) is 15.0 Å². The summed E-state index contributed by atoms with van der Waals surface area (Å²) in [6.07, 6.45) is 0. The molecule has 0 atom stereocenters. The van der Waals surface area contributed by atoms with E-state index < -0.39 is 0 Å².